The Labute approximate surface area is 136 Å². The lowest BCUT2D eigenvalue weighted by Gasteiger charge is -2.37. The number of thioether (sulfide) groups is 1. The molecule has 0 atom stereocenters. The number of rotatable bonds is 5. The Morgan fingerprint density at radius 2 is 1.91 bits per heavy atom. The molecule has 6 heteroatoms. The molecule has 0 bridgehead atoms. The first-order chi connectivity index (χ1) is 10.7. The molecule has 1 aromatic rings. The van der Waals surface area contributed by atoms with Gasteiger partial charge >= 0.3 is 0 Å². The zero-order valence-electron chi connectivity index (χ0n) is 13.4. The third-order valence-electron chi connectivity index (χ3n) is 3.66. The van der Waals surface area contributed by atoms with Crippen LogP contribution in [0.15, 0.2) is 29.3 Å². The van der Waals surface area contributed by atoms with Crippen LogP contribution in [0.1, 0.15) is 6.92 Å². The average molecular weight is 324 g/mol. The number of benzene rings is 1. The Bertz CT molecular complexity index is 470. The second-order valence-corrected chi connectivity index (χ2v) is 6.16. The van der Waals surface area contributed by atoms with E-state index in [1.807, 2.05) is 23.9 Å². The molecule has 1 N–H and O–H groups in total. The Morgan fingerprint density at radius 1 is 1.23 bits per heavy atom. The van der Waals surface area contributed by atoms with Gasteiger partial charge in [-0.05, 0) is 37.4 Å². The number of piperazine rings is 1. The van der Waals surface area contributed by atoms with Gasteiger partial charge in [0.1, 0.15) is 5.82 Å². The summed E-state index contributed by atoms with van der Waals surface area (Å²) in [5.41, 5.74) is 1.09. The summed E-state index contributed by atoms with van der Waals surface area (Å²) in [5, 5.41) is 3.37. The molecule has 1 aliphatic heterocycles. The van der Waals surface area contributed by atoms with Crippen molar-refractivity contribution in [3.8, 4) is 0 Å². The number of guanidine groups is 1. The fraction of sp³-hybridized carbons (Fsp3) is 0.562. The summed E-state index contributed by atoms with van der Waals surface area (Å²) < 4.78 is 13.0. The van der Waals surface area contributed by atoms with Gasteiger partial charge < -0.3 is 15.1 Å². The minimum atomic E-state index is -0.183. The van der Waals surface area contributed by atoms with Crippen LogP contribution in [0.4, 0.5) is 10.1 Å². The van der Waals surface area contributed by atoms with E-state index in [1.165, 1.54) is 12.1 Å². The van der Waals surface area contributed by atoms with Gasteiger partial charge in [0.25, 0.3) is 0 Å². The highest BCUT2D eigenvalue weighted by Gasteiger charge is 2.19. The summed E-state index contributed by atoms with van der Waals surface area (Å²) in [7, 11) is 0. The summed E-state index contributed by atoms with van der Waals surface area (Å²) in [6, 6.07) is 6.75. The molecular weight excluding hydrogens is 299 g/mol. The molecule has 1 saturated heterocycles. The first-order valence-corrected chi connectivity index (χ1v) is 9.16. The van der Waals surface area contributed by atoms with E-state index in [4.69, 9.17) is 0 Å². The van der Waals surface area contributed by atoms with E-state index in [1.54, 1.807) is 0 Å². The highest BCUT2D eigenvalue weighted by Crippen LogP contribution is 2.16. The van der Waals surface area contributed by atoms with Gasteiger partial charge in [0.15, 0.2) is 5.96 Å². The Hall–Kier alpha value is -1.43. The second kappa shape index (κ2) is 8.88. The molecule has 1 aromatic carbocycles. The minimum absolute atomic E-state index is 0.183. The molecule has 0 spiro atoms. The predicted octanol–water partition coefficient (Wildman–Crippen LogP) is 2.28. The van der Waals surface area contributed by atoms with Gasteiger partial charge in [-0.2, -0.15) is 11.8 Å². The number of hydrogen-bond donors (Lipinski definition) is 1. The highest BCUT2D eigenvalue weighted by atomic mass is 32.2. The van der Waals surface area contributed by atoms with Crippen LogP contribution in [0.3, 0.4) is 0 Å². The third kappa shape index (κ3) is 4.80. The lowest BCUT2D eigenvalue weighted by molar-refractivity contribution is 0.373. The van der Waals surface area contributed by atoms with Gasteiger partial charge in [0, 0.05) is 44.2 Å². The molecule has 122 valence electrons. The molecular formula is C16H25FN4S. The summed E-state index contributed by atoms with van der Waals surface area (Å²) in [6.07, 6.45) is 2.10. The van der Waals surface area contributed by atoms with Crippen LogP contribution >= 0.6 is 11.8 Å². The van der Waals surface area contributed by atoms with Crippen molar-refractivity contribution < 1.29 is 4.39 Å². The maximum Gasteiger partial charge on any atom is 0.194 e. The van der Waals surface area contributed by atoms with Crippen molar-refractivity contribution >= 4 is 23.4 Å². The largest absolute Gasteiger partial charge is 0.368 e. The quantitative estimate of drug-likeness (QED) is 0.511. The maximum atomic E-state index is 13.0. The van der Waals surface area contributed by atoms with E-state index in [0.29, 0.717) is 0 Å². The Balaban J connectivity index is 1.91. The van der Waals surface area contributed by atoms with Crippen LogP contribution in [0.25, 0.3) is 0 Å². The molecule has 0 unspecified atom stereocenters. The van der Waals surface area contributed by atoms with Gasteiger partial charge in [-0.3, -0.25) is 4.99 Å². The zero-order valence-corrected chi connectivity index (χ0v) is 14.2. The number of anilines is 1. The van der Waals surface area contributed by atoms with Gasteiger partial charge in [-0.25, -0.2) is 4.39 Å². The van der Waals surface area contributed by atoms with Crippen LogP contribution in [0, 0.1) is 5.82 Å². The van der Waals surface area contributed by atoms with Crippen molar-refractivity contribution in [3.05, 3.63) is 30.1 Å². The van der Waals surface area contributed by atoms with E-state index in [-0.39, 0.29) is 5.82 Å². The first kappa shape index (κ1) is 16.9. The van der Waals surface area contributed by atoms with Crippen LogP contribution in [0.5, 0.6) is 0 Å². The van der Waals surface area contributed by atoms with Gasteiger partial charge in [0.05, 0.1) is 6.54 Å². The molecule has 0 aliphatic carbocycles. The number of halogens is 1. The van der Waals surface area contributed by atoms with E-state index < -0.39 is 0 Å². The highest BCUT2D eigenvalue weighted by molar-refractivity contribution is 7.98. The van der Waals surface area contributed by atoms with Crippen molar-refractivity contribution in [3.63, 3.8) is 0 Å². The van der Waals surface area contributed by atoms with Crippen molar-refractivity contribution in [2.45, 2.75) is 6.92 Å². The van der Waals surface area contributed by atoms with Crippen LogP contribution in [0.2, 0.25) is 0 Å². The number of nitrogens with zero attached hydrogens (tertiary/aromatic N) is 3. The fourth-order valence-electron chi connectivity index (χ4n) is 2.50. The number of aliphatic imine (C=N–C) groups is 1. The Morgan fingerprint density at radius 3 is 2.50 bits per heavy atom. The van der Waals surface area contributed by atoms with E-state index in [2.05, 4.69) is 33.3 Å². The molecule has 2 rings (SSSR count). The summed E-state index contributed by atoms with van der Waals surface area (Å²) in [4.78, 5) is 9.28. The van der Waals surface area contributed by atoms with E-state index in [9.17, 15) is 4.39 Å². The average Bonchev–Trinajstić information content (AvgIpc) is 2.55. The maximum absolute atomic E-state index is 13.0. The summed E-state index contributed by atoms with van der Waals surface area (Å²) >= 11 is 1.81. The monoisotopic (exact) mass is 324 g/mol. The molecule has 4 nitrogen and oxygen atoms in total. The number of nitrogens with one attached hydrogen (secondary N) is 1. The molecule has 1 heterocycles. The van der Waals surface area contributed by atoms with E-state index in [0.717, 1.165) is 56.7 Å². The lowest BCUT2D eigenvalue weighted by Crippen LogP contribution is -2.52. The molecule has 0 saturated carbocycles. The molecule has 1 aliphatic rings. The van der Waals surface area contributed by atoms with Crippen molar-refractivity contribution in [2.75, 3.05) is 56.2 Å². The van der Waals surface area contributed by atoms with Crippen molar-refractivity contribution in [1.29, 1.82) is 0 Å². The van der Waals surface area contributed by atoms with Crippen molar-refractivity contribution in [1.82, 2.24) is 10.2 Å². The van der Waals surface area contributed by atoms with Gasteiger partial charge in [-0.1, -0.05) is 0 Å². The normalized spacial score (nSPS) is 16.0. The van der Waals surface area contributed by atoms with Crippen molar-refractivity contribution in [2.24, 2.45) is 4.99 Å². The summed E-state index contributed by atoms with van der Waals surface area (Å²) in [5.74, 6) is 1.87. The topological polar surface area (TPSA) is 30.9 Å². The molecule has 0 amide bonds. The van der Waals surface area contributed by atoms with E-state index >= 15 is 0 Å². The standard InChI is InChI=1S/C16H25FN4S/c1-3-18-16(19-8-13-22-2)21-11-9-20(10-12-21)15-6-4-14(17)5-7-15/h4-7H,3,8-13H2,1-2H3,(H,18,19). The first-order valence-electron chi connectivity index (χ1n) is 7.77. The van der Waals surface area contributed by atoms with Crippen LogP contribution in [-0.4, -0.2) is 62.1 Å². The SMILES string of the molecule is CCNC(=NCCSC)N1CCN(c2ccc(F)cc2)CC1. The zero-order chi connectivity index (χ0) is 15.8. The van der Waals surface area contributed by atoms with Crippen LogP contribution < -0.4 is 10.2 Å². The fourth-order valence-corrected chi connectivity index (χ4v) is 2.77. The minimum Gasteiger partial charge on any atom is -0.368 e. The molecule has 22 heavy (non-hydrogen) atoms. The Kier molecular flexibility index (Phi) is 6.83. The smallest absolute Gasteiger partial charge is 0.194 e. The molecule has 0 radical (unpaired) electrons. The third-order valence-corrected chi connectivity index (χ3v) is 4.25. The second-order valence-electron chi connectivity index (χ2n) is 5.18. The molecule has 0 aromatic heterocycles. The lowest BCUT2D eigenvalue weighted by atomic mass is 10.2. The van der Waals surface area contributed by atoms with Gasteiger partial charge in [0.2, 0.25) is 0 Å². The summed E-state index contributed by atoms with van der Waals surface area (Å²) in [6.45, 7) is 7.55. The molecule has 1 fully saturated rings. The van der Waals surface area contributed by atoms with Gasteiger partial charge in [-0.15, -0.1) is 0 Å². The predicted molar refractivity (Wildman–Crippen MR) is 94.5 cm³/mol. The number of hydrogen-bond acceptors (Lipinski definition) is 3. The van der Waals surface area contributed by atoms with Crippen LogP contribution in [-0.2, 0) is 0 Å².